The summed E-state index contributed by atoms with van der Waals surface area (Å²) in [5, 5.41) is 3.23. The van der Waals surface area contributed by atoms with Gasteiger partial charge in [-0.1, -0.05) is 66.7 Å². The van der Waals surface area contributed by atoms with Crippen LogP contribution in [0.3, 0.4) is 0 Å². The van der Waals surface area contributed by atoms with Gasteiger partial charge in [0.1, 0.15) is 18.9 Å². The van der Waals surface area contributed by atoms with Crippen molar-refractivity contribution in [3.05, 3.63) is 101 Å². The first-order chi connectivity index (χ1) is 17.9. The molecule has 5 nitrogen and oxygen atoms in total. The molecule has 0 aliphatic carbocycles. The van der Waals surface area contributed by atoms with E-state index in [1.165, 1.54) is 6.07 Å². The molecule has 37 heavy (non-hydrogen) atoms. The third kappa shape index (κ3) is 5.75. The highest BCUT2D eigenvalue weighted by Gasteiger charge is 2.49. The lowest BCUT2D eigenvalue weighted by Crippen LogP contribution is -2.65. The average molecular weight is 502 g/mol. The van der Waals surface area contributed by atoms with Gasteiger partial charge in [0.15, 0.2) is 6.10 Å². The van der Waals surface area contributed by atoms with E-state index in [2.05, 4.69) is 5.32 Å². The molecule has 0 saturated carbocycles. The minimum Gasteiger partial charge on any atom is -0.456 e. The van der Waals surface area contributed by atoms with Crippen LogP contribution in [0.5, 0.6) is 0 Å². The van der Waals surface area contributed by atoms with Crippen molar-refractivity contribution >= 4 is 17.4 Å². The van der Waals surface area contributed by atoms with Crippen molar-refractivity contribution in [1.82, 2.24) is 0 Å². The number of hydrogen-bond donors (Lipinski definition) is 1. The van der Waals surface area contributed by atoms with Crippen LogP contribution in [0.15, 0.2) is 78.9 Å². The lowest BCUT2D eigenvalue weighted by molar-refractivity contribution is -0.938. The van der Waals surface area contributed by atoms with Crippen molar-refractivity contribution < 1.29 is 23.2 Å². The van der Waals surface area contributed by atoms with Gasteiger partial charge in [-0.25, -0.2) is 4.39 Å². The molecule has 0 spiro atoms. The van der Waals surface area contributed by atoms with Crippen LogP contribution in [0.2, 0.25) is 0 Å². The molecule has 2 atom stereocenters. The molecule has 2 bridgehead atoms. The lowest BCUT2D eigenvalue weighted by Gasteiger charge is -2.51. The third-order valence-corrected chi connectivity index (χ3v) is 8.05. The Morgan fingerprint density at radius 2 is 1.68 bits per heavy atom. The molecule has 6 heteroatoms. The van der Waals surface area contributed by atoms with Crippen LogP contribution in [0.1, 0.15) is 40.2 Å². The van der Waals surface area contributed by atoms with Crippen molar-refractivity contribution in [2.24, 2.45) is 5.92 Å². The number of hydrogen-bond acceptors (Lipinski definition) is 4. The summed E-state index contributed by atoms with van der Waals surface area (Å²) in [6.07, 6.45) is 1.70. The second kappa shape index (κ2) is 10.9. The van der Waals surface area contributed by atoms with Crippen LogP contribution in [-0.4, -0.2) is 55.1 Å². The smallest absolute Gasteiger partial charge is 0.315 e. The Bertz CT molecular complexity index is 1240. The summed E-state index contributed by atoms with van der Waals surface area (Å²) >= 11 is 0. The fourth-order valence-corrected chi connectivity index (χ4v) is 5.77. The third-order valence-electron chi connectivity index (χ3n) is 8.05. The molecule has 6 rings (SSSR count). The average Bonchev–Trinajstić information content (AvgIpc) is 2.92. The zero-order valence-electron chi connectivity index (χ0n) is 21.2. The number of rotatable bonds is 9. The number of Topliss-reactive ketones (excluding diaryl/α,β-unsaturated/α-hetero) is 1. The van der Waals surface area contributed by atoms with Crippen LogP contribution >= 0.6 is 0 Å². The number of esters is 1. The Hall–Kier alpha value is -3.51. The van der Waals surface area contributed by atoms with Crippen molar-refractivity contribution in [3.8, 4) is 0 Å². The first-order valence-corrected chi connectivity index (χ1v) is 13.1. The number of ketones is 1. The predicted octanol–water partition coefficient (Wildman–Crippen LogP) is 5.36. The van der Waals surface area contributed by atoms with E-state index < -0.39 is 5.92 Å². The number of carbonyl (C=O) groups excluding carboxylic acids is 2. The Morgan fingerprint density at radius 1 is 1.00 bits per heavy atom. The van der Waals surface area contributed by atoms with Gasteiger partial charge in [-0.15, -0.1) is 0 Å². The summed E-state index contributed by atoms with van der Waals surface area (Å²) in [6.45, 7) is 5.02. The summed E-state index contributed by atoms with van der Waals surface area (Å²) < 4.78 is 20.9. The predicted molar refractivity (Wildman–Crippen MR) is 142 cm³/mol. The van der Waals surface area contributed by atoms with E-state index in [1.807, 2.05) is 66.7 Å². The van der Waals surface area contributed by atoms with Gasteiger partial charge in [0, 0.05) is 36.6 Å². The number of fused-ring (bicyclic) bond motifs is 3. The summed E-state index contributed by atoms with van der Waals surface area (Å²) in [5.41, 5.74) is 2.80. The number of aryl methyl sites for hydroxylation is 1. The van der Waals surface area contributed by atoms with Gasteiger partial charge in [0.2, 0.25) is 5.78 Å². The largest absolute Gasteiger partial charge is 0.456 e. The van der Waals surface area contributed by atoms with Crippen molar-refractivity contribution in [2.45, 2.75) is 31.8 Å². The Balaban J connectivity index is 1.28. The molecule has 1 N–H and O–H groups in total. The van der Waals surface area contributed by atoms with Crippen LogP contribution in [0.4, 0.5) is 10.1 Å². The number of ether oxygens (including phenoxy) is 1. The van der Waals surface area contributed by atoms with Crippen molar-refractivity contribution in [3.63, 3.8) is 0 Å². The van der Waals surface area contributed by atoms with Gasteiger partial charge in [0.05, 0.1) is 19.0 Å². The number of nitrogens with one attached hydrogen (secondary N) is 1. The number of benzene rings is 3. The van der Waals surface area contributed by atoms with Crippen LogP contribution in [0.25, 0.3) is 0 Å². The summed E-state index contributed by atoms with van der Waals surface area (Å²) in [4.78, 5) is 26.6. The first kappa shape index (κ1) is 25.2. The van der Waals surface area contributed by atoms with Crippen LogP contribution in [-0.2, 0) is 9.53 Å². The second-order valence-electron chi connectivity index (χ2n) is 10.5. The highest BCUT2D eigenvalue weighted by Crippen LogP contribution is 2.36. The zero-order chi connectivity index (χ0) is 25.8. The molecule has 3 fully saturated rings. The lowest BCUT2D eigenvalue weighted by atomic mass is 9.82. The van der Waals surface area contributed by atoms with E-state index in [4.69, 9.17) is 4.74 Å². The summed E-state index contributed by atoms with van der Waals surface area (Å²) in [7, 11) is 0. The van der Waals surface area contributed by atoms with E-state index in [-0.39, 0.29) is 23.7 Å². The molecular formula is C31H34FN2O3+. The van der Waals surface area contributed by atoms with Gasteiger partial charge in [-0.2, -0.15) is 0 Å². The van der Waals surface area contributed by atoms with Crippen LogP contribution < -0.4 is 5.32 Å². The SMILES string of the molecule is Cc1ccc(NCC(C(=O)O[C@H]2C[N+]3(CC(=O)c4ccccc4)CCC2CC3)c2ccccc2)cc1F. The van der Waals surface area contributed by atoms with E-state index >= 15 is 0 Å². The summed E-state index contributed by atoms with van der Waals surface area (Å²) in [5.74, 6) is -0.623. The van der Waals surface area contributed by atoms with Gasteiger partial charge in [-0.3, -0.25) is 9.59 Å². The molecule has 0 amide bonds. The monoisotopic (exact) mass is 501 g/mol. The molecule has 3 saturated heterocycles. The fourth-order valence-electron chi connectivity index (χ4n) is 5.77. The number of anilines is 1. The number of quaternary nitrogens is 1. The van der Waals surface area contributed by atoms with Crippen molar-refractivity contribution in [2.75, 3.05) is 38.0 Å². The van der Waals surface area contributed by atoms with Gasteiger partial charge in [-0.05, 0) is 30.2 Å². The molecule has 3 aliphatic heterocycles. The minimum absolute atomic E-state index is 0.141. The molecule has 3 aromatic rings. The normalized spacial score (nSPS) is 23.3. The Labute approximate surface area is 217 Å². The van der Waals surface area contributed by atoms with E-state index in [9.17, 15) is 14.0 Å². The van der Waals surface area contributed by atoms with Gasteiger partial charge >= 0.3 is 5.97 Å². The molecule has 192 valence electrons. The maximum atomic E-state index is 14.1. The van der Waals surface area contributed by atoms with E-state index in [0.29, 0.717) is 41.3 Å². The molecule has 3 aliphatic rings. The number of piperidine rings is 3. The highest BCUT2D eigenvalue weighted by molar-refractivity contribution is 5.97. The maximum Gasteiger partial charge on any atom is 0.315 e. The van der Waals surface area contributed by atoms with E-state index in [0.717, 1.165) is 37.1 Å². The molecular weight excluding hydrogens is 467 g/mol. The maximum absolute atomic E-state index is 14.1. The fraction of sp³-hybridized carbons (Fsp3) is 0.355. The standard InChI is InChI=1S/C31H34FN2O3/c1-22-12-13-26(18-28(22)32)33-19-27(23-8-4-2-5-9-23)31(36)37-30-21-34(16-14-25(30)15-17-34)20-29(35)24-10-6-3-7-11-24/h2-13,18,25,27,30,33H,14-17,19-21H2,1H3/q+1/t25?,27?,30-,34?/m0/s1. The minimum atomic E-state index is -0.527. The first-order valence-electron chi connectivity index (χ1n) is 13.1. The topological polar surface area (TPSA) is 55.4 Å². The van der Waals surface area contributed by atoms with E-state index in [1.54, 1.807) is 13.0 Å². The van der Waals surface area contributed by atoms with Crippen LogP contribution in [0, 0.1) is 18.7 Å². The molecule has 0 aromatic heterocycles. The molecule has 0 radical (unpaired) electrons. The second-order valence-corrected chi connectivity index (χ2v) is 10.5. The number of carbonyl (C=O) groups is 2. The number of halogens is 1. The van der Waals surface area contributed by atoms with Crippen molar-refractivity contribution in [1.29, 1.82) is 0 Å². The molecule has 3 heterocycles. The molecule has 1 unspecified atom stereocenters. The Morgan fingerprint density at radius 3 is 2.35 bits per heavy atom. The molecule has 3 aromatic carbocycles. The zero-order valence-corrected chi connectivity index (χ0v) is 21.2. The number of nitrogens with zero attached hydrogens (tertiary/aromatic N) is 1. The quantitative estimate of drug-likeness (QED) is 0.244. The summed E-state index contributed by atoms with van der Waals surface area (Å²) in [6, 6.07) is 24.0. The van der Waals surface area contributed by atoms with Gasteiger partial charge in [0.25, 0.3) is 0 Å². The highest BCUT2D eigenvalue weighted by atomic mass is 19.1. The van der Waals surface area contributed by atoms with Gasteiger partial charge < -0.3 is 14.5 Å². The Kier molecular flexibility index (Phi) is 7.38.